The lowest BCUT2D eigenvalue weighted by atomic mass is 10.1. The van der Waals surface area contributed by atoms with Gasteiger partial charge in [0.25, 0.3) is 0 Å². The molecule has 0 bridgehead atoms. The summed E-state index contributed by atoms with van der Waals surface area (Å²) in [5, 5.41) is 11.1. The van der Waals surface area contributed by atoms with E-state index in [0.29, 0.717) is 17.9 Å². The second-order valence-corrected chi connectivity index (χ2v) is 10.3. The lowest BCUT2D eigenvalue weighted by Crippen LogP contribution is -2.08. The fourth-order valence-corrected chi connectivity index (χ4v) is 4.61. The second-order valence-electron chi connectivity index (χ2n) is 10.3. The lowest BCUT2D eigenvalue weighted by Gasteiger charge is -2.09. The van der Waals surface area contributed by atoms with E-state index in [9.17, 15) is 4.79 Å². The number of fused-ring (bicyclic) bond motifs is 1. The summed E-state index contributed by atoms with van der Waals surface area (Å²) < 4.78 is 11.5. The Labute approximate surface area is 238 Å². The summed E-state index contributed by atoms with van der Waals surface area (Å²) in [7, 11) is 0. The molecular weight excluding hydrogens is 496 g/mol. The molecule has 0 aliphatic rings. The summed E-state index contributed by atoms with van der Waals surface area (Å²) in [4.78, 5) is 12.7. The van der Waals surface area contributed by atoms with Gasteiger partial charge in [-0.15, -0.1) is 0 Å². The molecule has 208 valence electrons. The van der Waals surface area contributed by atoms with Gasteiger partial charge in [-0.1, -0.05) is 88.6 Å². The van der Waals surface area contributed by atoms with E-state index >= 15 is 0 Å². The van der Waals surface area contributed by atoms with Gasteiger partial charge >= 0.3 is 5.97 Å². The fraction of sp³-hybridized carbons (Fsp3) is 0.343. The Bertz CT molecular complexity index is 1400. The van der Waals surface area contributed by atoms with Gasteiger partial charge in [0.2, 0.25) is 0 Å². The molecule has 4 rings (SSSR count). The fourth-order valence-electron chi connectivity index (χ4n) is 4.61. The Balaban J connectivity index is 1.21. The number of hydrogen-bond donors (Lipinski definition) is 0. The molecule has 0 radical (unpaired) electrons. The third kappa shape index (κ3) is 9.04. The summed E-state index contributed by atoms with van der Waals surface area (Å²) in [6, 6.07) is 26.6. The van der Waals surface area contributed by atoms with Crippen molar-refractivity contribution in [3.8, 4) is 11.5 Å². The first-order valence-electron chi connectivity index (χ1n) is 14.6. The molecule has 0 N–H and O–H groups in total. The predicted molar refractivity (Wildman–Crippen MR) is 163 cm³/mol. The number of aryl methyl sites for hydroxylation is 1. The van der Waals surface area contributed by atoms with Crippen molar-refractivity contribution in [2.75, 3.05) is 6.61 Å². The van der Waals surface area contributed by atoms with Crippen molar-refractivity contribution in [1.29, 1.82) is 0 Å². The van der Waals surface area contributed by atoms with E-state index in [-0.39, 0.29) is 0 Å². The number of carbonyl (C=O) groups is 1. The number of rotatable bonds is 15. The average molecular weight is 537 g/mol. The predicted octanol–water partition coefficient (Wildman–Crippen LogP) is 10.7. The average Bonchev–Trinajstić information content (AvgIpc) is 2.98. The van der Waals surface area contributed by atoms with Crippen molar-refractivity contribution in [3.05, 3.63) is 96.1 Å². The van der Waals surface area contributed by atoms with Crippen LogP contribution in [-0.2, 0) is 0 Å². The highest BCUT2D eigenvalue weighted by molar-refractivity contribution is 5.91. The monoisotopic (exact) mass is 536 g/mol. The molecule has 0 spiro atoms. The number of hydrogen-bond acceptors (Lipinski definition) is 5. The first-order valence-corrected chi connectivity index (χ1v) is 14.6. The van der Waals surface area contributed by atoms with Gasteiger partial charge in [0.15, 0.2) is 0 Å². The van der Waals surface area contributed by atoms with Crippen LogP contribution in [0.25, 0.3) is 10.8 Å². The quantitative estimate of drug-likeness (QED) is 0.0657. The zero-order valence-corrected chi connectivity index (χ0v) is 23.8. The Hall–Kier alpha value is -3.99. The zero-order chi connectivity index (χ0) is 28.0. The van der Waals surface area contributed by atoms with Gasteiger partial charge in [0.1, 0.15) is 11.5 Å². The van der Waals surface area contributed by atoms with E-state index in [1.165, 1.54) is 56.8 Å². The van der Waals surface area contributed by atoms with Crippen LogP contribution in [0.15, 0.2) is 95.2 Å². The first-order chi connectivity index (χ1) is 19.6. The summed E-state index contributed by atoms with van der Waals surface area (Å²) in [6.07, 6.45) is 11.6. The maximum absolute atomic E-state index is 12.7. The molecule has 4 aromatic rings. The van der Waals surface area contributed by atoms with Crippen molar-refractivity contribution in [3.63, 3.8) is 0 Å². The van der Waals surface area contributed by atoms with Crippen molar-refractivity contribution in [1.82, 2.24) is 0 Å². The molecule has 0 unspecified atom stereocenters. The van der Waals surface area contributed by atoms with Crippen LogP contribution in [-0.4, -0.2) is 12.6 Å². The largest absolute Gasteiger partial charge is 0.494 e. The molecule has 0 aromatic heterocycles. The highest BCUT2D eigenvalue weighted by atomic mass is 16.5. The maximum atomic E-state index is 12.7. The third-order valence-electron chi connectivity index (χ3n) is 6.99. The van der Waals surface area contributed by atoms with E-state index < -0.39 is 5.97 Å². The number of azo groups is 1. The number of benzene rings is 4. The van der Waals surface area contributed by atoms with Crippen LogP contribution in [0.3, 0.4) is 0 Å². The number of esters is 1. The molecule has 0 heterocycles. The van der Waals surface area contributed by atoms with E-state index in [4.69, 9.17) is 9.47 Å². The van der Waals surface area contributed by atoms with E-state index in [2.05, 4.69) is 29.3 Å². The van der Waals surface area contributed by atoms with Gasteiger partial charge in [-0.05, 0) is 84.3 Å². The van der Waals surface area contributed by atoms with E-state index in [0.717, 1.165) is 34.5 Å². The molecule has 5 nitrogen and oxygen atoms in total. The third-order valence-corrected chi connectivity index (χ3v) is 6.99. The molecule has 0 fully saturated rings. The summed E-state index contributed by atoms with van der Waals surface area (Å²) in [6.45, 7) is 4.87. The summed E-state index contributed by atoms with van der Waals surface area (Å²) >= 11 is 0. The Morgan fingerprint density at radius 2 is 1.35 bits per heavy atom. The number of nitrogens with zero attached hydrogens (tertiary/aromatic N) is 2. The molecule has 5 heteroatoms. The maximum Gasteiger partial charge on any atom is 0.343 e. The van der Waals surface area contributed by atoms with Crippen molar-refractivity contribution < 1.29 is 14.3 Å². The van der Waals surface area contributed by atoms with E-state index in [1.807, 2.05) is 55.5 Å². The second kappa shape index (κ2) is 15.6. The van der Waals surface area contributed by atoms with Crippen LogP contribution in [0, 0.1) is 6.92 Å². The van der Waals surface area contributed by atoms with Gasteiger partial charge in [0.05, 0.1) is 23.5 Å². The van der Waals surface area contributed by atoms with Crippen molar-refractivity contribution in [2.24, 2.45) is 10.2 Å². The van der Waals surface area contributed by atoms with Gasteiger partial charge < -0.3 is 9.47 Å². The molecule has 0 amide bonds. The minimum absolute atomic E-state index is 0.407. The number of ether oxygens (including phenoxy) is 2. The van der Waals surface area contributed by atoms with Crippen molar-refractivity contribution in [2.45, 2.75) is 71.6 Å². The summed E-state index contributed by atoms with van der Waals surface area (Å²) in [5.74, 6) is 0.835. The normalized spacial score (nSPS) is 11.2. The highest BCUT2D eigenvalue weighted by Gasteiger charge is 2.10. The zero-order valence-electron chi connectivity index (χ0n) is 23.8. The molecule has 0 aliphatic carbocycles. The minimum atomic E-state index is -0.407. The topological polar surface area (TPSA) is 60.2 Å². The van der Waals surface area contributed by atoms with Crippen molar-refractivity contribution >= 4 is 28.1 Å². The smallest absolute Gasteiger partial charge is 0.343 e. The lowest BCUT2D eigenvalue weighted by molar-refractivity contribution is 0.0734. The number of unbranched alkanes of at least 4 members (excludes halogenated alkanes) is 8. The molecule has 4 aromatic carbocycles. The van der Waals surface area contributed by atoms with Gasteiger partial charge in [-0.3, -0.25) is 0 Å². The summed E-state index contributed by atoms with van der Waals surface area (Å²) in [5.41, 5.74) is 2.86. The SMILES string of the molecule is CCCCCCCCCCCOc1ccc(C(=O)Oc2ccc(N=Nc3ccc4ccccc4c3)c(C)c2)cc1. The van der Waals surface area contributed by atoms with E-state index in [1.54, 1.807) is 24.3 Å². The molecule has 0 atom stereocenters. The first kappa shape index (κ1) is 29.0. The molecule has 0 saturated carbocycles. The van der Waals surface area contributed by atoms with Crippen LogP contribution < -0.4 is 9.47 Å². The standard InChI is InChI=1S/C35H40N2O3/c1-3-4-5-6-7-8-9-10-13-24-39-32-20-17-29(18-21-32)35(38)40-33-22-23-34(27(2)25-33)37-36-31-19-16-28-14-11-12-15-30(28)26-31/h11-12,14-23,25-26H,3-10,13,24H2,1-2H3. The highest BCUT2D eigenvalue weighted by Crippen LogP contribution is 2.28. The van der Waals surface area contributed by atoms with Crippen LogP contribution in [0.5, 0.6) is 11.5 Å². The van der Waals surface area contributed by atoms with Crippen LogP contribution >= 0.6 is 0 Å². The minimum Gasteiger partial charge on any atom is -0.494 e. The molecule has 0 saturated heterocycles. The van der Waals surface area contributed by atoms with Gasteiger partial charge in [0, 0.05) is 0 Å². The molecule has 0 aliphatic heterocycles. The van der Waals surface area contributed by atoms with Gasteiger partial charge in [-0.2, -0.15) is 10.2 Å². The Morgan fingerprint density at radius 1 is 0.675 bits per heavy atom. The number of carbonyl (C=O) groups excluding carboxylic acids is 1. The van der Waals surface area contributed by atoms with Crippen LogP contribution in [0.2, 0.25) is 0 Å². The van der Waals surface area contributed by atoms with Crippen LogP contribution in [0.4, 0.5) is 11.4 Å². The molecular formula is C35H40N2O3. The van der Waals surface area contributed by atoms with Crippen LogP contribution in [0.1, 0.15) is 80.6 Å². The molecule has 40 heavy (non-hydrogen) atoms. The Morgan fingerprint density at radius 3 is 2.08 bits per heavy atom. The Kier molecular flexibility index (Phi) is 11.3. The van der Waals surface area contributed by atoms with Gasteiger partial charge in [-0.25, -0.2) is 4.79 Å².